The Morgan fingerprint density at radius 1 is 0.941 bits per heavy atom. The lowest BCUT2D eigenvalue weighted by molar-refractivity contribution is 0.0513. The molecule has 17 heavy (non-hydrogen) atoms. The van der Waals surface area contributed by atoms with Crippen molar-refractivity contribution < 1.29 is 5.11 Å². The third kappa shape index (κ3) is 3.86. The smallest absolute Gasteiger partial charge is 0.0830 e. The summed E-state index contributed by atoms with van der Waals surface area (Å²) in [6, 6.07) is 10.2. The molecule has 0 atom stereocenters. The molecule has 0 bridgehead atoms. The molecule has 2 rings (SSSR count). The molecule has 0 amide bonds. The minimum absolute atomic E-state index is 0.556. The van der Waals surface area contributed by atoms with Gasteiger partial charge in [0.2, 0.25) is 0 Å². The molecule has 0 unspecified atom stereocenters. The first-order valence-electron chi connectivity index (χ1n) is 6.42. The first-order chi connectivity index (χ1) is 8.29. The molecule has 1 fully saturated rings. The fourth-order valence-electron chi connectivity index (χ4n) is 2.30. The molecule has 1 N–H and O–H groups in total. The summed E-state index contributed by atoms with van der Waals surface area (Å²) in [7, 11) is 0. The van der Waals surface area contributed by atoms with Crippen LogP contribution in [-0.4, -0.2) is 10.7 Å². The Bertz CT molecular complexity index is 383. The highest BCUT2D eigenvalue weighted by Gasteiger charge is 2.25. The second-order valence-electron chi connectivity index (χ2n) is 4.79. The van der Waals surface area contributed by atoms with Crippen molar-refractivity contribution in [3.63, 3.8) is 0 Å². The van der Waals surface area contributed by atoms with Gasteiger partial charge in [0.15, 0.2) is 0 Å². The second kappa shape index (κ2) is 5.83. The van der Waals surface area contributed by atoms with E-state index in [4.69, 9.17) is 0 Å². The maximum Gasteiger partial charge on any atom is 0.0830 e. The van der Waals surface area contributed by atoms with Crippen molar-refractivity contribution in [2.75, 3.05) is 0 Å². The highest BCUT2D eigenvalue weighted by atomic mass is 16.3. The SMILES string of the molecule is OC1(C=CC=Cc2ccccc2)CCCCC1. The Kier molecular flexibility index (Phi) is 4.16. The summed E-state index contributed by atoms with van der Waals surface area (Å²) in [4.78, 5) is 0. The molecular formula is C16H20O. The number of rotatable bonds is 3. The lowest BCUT2D eigenvalue weighted by atomic mass is 9.85. The highest BCUT2D eigenvalue weighted by molar-refractivity contribution is 5.50. The van der Waals surface area contributed by atoms with E-state index < -0.39 is 5.60 Å². The Hall–Kier alpha value is -1.34. The fourth-order valence-corrected chi connectivity index (χ4v) is 2.30. The molecule has 90 valence electrons. The van der Waals surface area contributed by atoms with Gasteiger partial charge in [-0.1, -0.05) is 73.9 Å². The van der Waals surface area contributed by atoms with Crippen molar-refractivity contribution in [1.29, 1.82) is 0 Å². The van der Waals surface area contributed by atoms with Crippen LogP contribution in [0.5, 0.6) is 0 Å². The van der Waals surface area contributed by atoms with E-state index in [1.807, 2.05) is 36.4 Å². The van der Waals surface area contributed by atoms with Crippen LogP contribution in [0, 0.1) is 0 Å². The summed E-state index contributed by atoms with van der Waals surface area (Å²) < 4.78 is 0. The van der Waals surface area contributed by atoms with Crippen LogP contribution in [0.3, 0.4) is 0 Å². The van der Waals surface area contributed by atoms with E-state index >= 15 is 0 Å². The second-order valence-corrected chi connectivity index (χ2v) is 4.79. The van der Waals surface area contributed by atoms with Crippen molar-refractivity contribution in [3.8, 4) is 0 Å². The van der Waals surface area contributed by atoms with Crippen molar-refractivity contribution in [2.45, 2.75) is 37.7 Å². The summed E-state index contributed by atoms with van der Waals surface area (Å²) >= 11 is 0. The molecule has 1 saturated carbocycles. The summed E-state index contributed by atoms with van der Waals surface area (Å²) in [5.41, 5.74) is 0.631. The molecule has 1 aliphatic carbocycles. The molecule has 1 nitrogen and oxygen atoms in total. The van der Waals surface area contributed by atoms with Crippen molar-refractivity contribution in [3.05, 3.63) is 54.1 Å². The van der Waals surface area contributed by atoms with Gasteiger partial charge in [-0.25, -0.2) is 0 Å². The van der Waals surface area contributed by atoms with E-state index in [1.165, 1.54) is 12.0 Å². The summed E-state index contributed by atoms with van der Waals surface area (Å²) in [5, 5.41) is 10.2. The van der Waals surface area contributed by atoms with Crippen LogP contribution in [0.1, 0.15) is 37.7 Å². The first kappa shape index (κ1) is 12.1. The van der Waals surface area contributed by atoms with Gasteiger partial charge in [-0.15, -0.1) is 0 Å². The zero-order valence-electron chi connectivity index (χ0n) is 10.2. The van der Waals surface area contributed by atoms with E-state index in [0.29, 0.717) is 0 Å². The fraction of sp³-hybridized carbons (Fsp3) is 0.375. The standard InChI is InChI=1S/C16H20O/c17-16(12-6-2-7-13-16)14-8-5-11-15-9-3-1-4-10-15/h1,3-5,8-11,14,17H,2,6-7,12-13H2. The van der Waals surface area contributed by atoms with Crippen LogP contribution in [-0.2, 0) is 0 Å². The number of aliphatic hydroxyl groups is 1. The Balaban J connectivity index is 1.91. The Morgan fingerprint density at radius 3 is 2.35 bits per heavy atom. The summed E-state index contributed by atoms with van der Waals surface area (Å²) in [5.74, 6) is 0. The lowest BCUT2D eigenvalue weighted by Gasteiger charge is -2.28. The highest BCUT2D eigenvalue weighted by Crippen LogP contribution is 2.28. The van der Waals surface area contributed by atoms with Crippen molar-refractivity contribution in [1.82, 2.24) is 0 Å². The number of hydrogen-bond acceptors (Lipinski definition) is 1. The van der Waals surface area contributed by atoms with Gasteiger partial charge in [0.25, 0.3) is 0 Å². The van der Waals surface area contributed by atoms with E-state index in [0.717, 1.165) is 25.7 Å². The summed E-state index contributed by atoms with van der Waals surface area (Å²) in [6.45, 7) is 0. The quantitative estimate of drug-likeness (QED) is 0.777. The largest absolute Gasteiger partial charge is 0.386 e. The number of allylic oxidation sites excluding steroid dienone is 2. The topological polar surface area (TPSA) is 20.2 Å². The Labute approximate surface area is 103 Å². The minimum Gasteiger partial charge on any atom is -0.386 e. The maximum absolute atomic E-state index is 10.2. The first-order valence-corrected chi connectivity index (χ1v) is 6.42. The van der Waals surface area contributed by atoms with Crippen LogP contribution in [0.4, 0.5) is 0 Å². The van der Waals surface area contributed by atoms with Crippen LogP contribution in [0.15, 0.2) is 48.6 Å². The molecular weight excluding hydrogens is 208 g/mol. The molecule has 0 radical (unpaired) electrons. The molecule has 0 saturated heterocycles. The molecule has 1 aromatic rings. The average molecular weight is 228 g/mol. The lowest BCUT2D eigenvalue weighted by Crippen LogP contribution is -2.28. The maximum atomic E-state index is 10.2. The van der Waals surface area contributed by atoms with Crippen LogP contribution < -0.4 is 0 Å². The van der Waals surface area contributed by atoms with Crippen molar-refractivity contribution >= 4 is 6.08 Å². The van der Waals surface area contributed by atoms with E-state index in [1.54, 1.807) is 0 Å². The predicted octanol–water partition coefficient (Wildman–Crippen LogP) is 3.95. The molecule has 0 heterocycles. The van der Waals surface area contributed by atoms with Gasteiger partial charge in [0.1, 0.15) is 0 Å². The molecule has 1 aromatic carbocycles. The summed E-state index contributed by atoms with van der Waals surface area (Å²) in [6.07, 6.45) is 13.3. The average Bonchev–Trinajstić information content (AvgIpc) is 2.37. The van der Waals surface area contributed by atoms with Gasteiger partial charge in [-0.2, -0.15) is 0 Å². The predicted molar refractivity (Wildman–Crippen MR) is 72.7 cm³/mol. The third-order valence-electron chi connectivity index (χ3n) is 3.33. The molecule has 1 heteroatoms. The van der Waals surface area contributed by atoms with E-state index in [2.05, 4.69) is 18.2 Å². The van der Waals surface area contributed by atoms with Crippen molar-refractivity contribution in [2.24, 2.45) is 0 Å². The van der Waals surface area contributed by atoms with Crippen LogP contribution >= 0.6 is 0 Å². The zero-order chi connectivity index (χ0) is 12.0. The monoisotopic (exact) mass is 228 g/mol. The molecule has 1 aliphatic rings. The van der Waals surface area contributed by atoms with E-state index in [-0.39, 0.29) is 0 Å². The van der Waals surface area contributed by atoms with Gasteiger partial charge in [0, 0.05) is 0 Å². The van der Waals surface area contributed by atoms with Gasteiger partial charge in [0.05, 0.1) is 5.60 Å². The van der Waals surface area contributed by atoms with Gasteiger partial charge < -0.3 is 5.11 Å². The van der Waals surface area contributed by atoms with Gasteiger partial charge in [-0.05, 0) is 18.4 Å². The van der Waals surface area contributed by atoms with Gasteiger partial charge in [-0.3, -0.25) is 0 Å². The van der Waals surface area contributed by atoms with Crippen LogP contribution in [0.25, 0.3) is 6.08 Å². The minimum atomic E-state index is -0.556. The number of benzene rings is 1. The van der Waals surface area contributed by atoms with Crippen LogP contribution in [0.2, 0.25) is 0 Å². The molecule has 0 aliphatic heterocycles. The number of hydrogen-bond donors (Lipinski definition) is 1. The molecule has 0 spiro atoms. The normalized spacial score (nSPS) is 20.1. The zero-order valence-corrected chi connectivity index (χ0v) is 10.2. The molecule has 0 aromatic heterocycles. The third-order valence-corrected chi connectivity index (χ3v) is 3.33. The van der Waals surface area contributed by atoms with Gasteiger partial charge >= 0.3 is 0 Å². The Morgan fingerprint density at radius 2 is 1.65 bits per heavy atom. The van der Waals surface area contributed by atoms with E-state index in [9.17, 15) is 5.11 Å².